The number of hydrogen-bond acceptors (Lipinski definition) is 4. The molecule has 0 spiro atoms. The second-order valence-corrected chi connectivity index (χ2v) is 5.32. The highest BCUT2D eigenvalue weighted by Crippen LogP contribution is 2.28. The second-order valence-electron chi connectivity index (χ2n) is 5.32. The molecule has 108 valence electrons. The molecule has 20 heavy (non-hydrogen) atoms. The van der Waals surface area contributed by atoms with Crippen molar-refractivity contribution in [2.75, 3.05) is 6.54 Å². The van der Waals surface area contributed by atoms with Crippen molar-refractivity contribution < 1.29 is 14.8 Å². The van der Waals surface area contributed by atoms with Gasteiger partial charge in [0, 0.05) is 23.7 Å². The zero-order valence-corrected chi connectivity index (χ0v) is 11.4. The molecule has 1 saturated carbocycles. The van der Waals surface area contributed by atoms with E-state index >= 15 is 0 Å². The average Bonchev–Trinajstić information content (AvgIpc) is 2.83. The number of hydrogen-bond donors (Lipinski definition) is 2. The van der Waals surface area contributed by atoms with Gasteiger partial charge in [-0.05, 0) is 25.8 Å². The molecule has 1 aliphatic rings. The standard InChI is InChI=1S/C14H18N2O4/c1-10-11(5-4-6-12(10)16(19)20)13(17)15-9-14(18)7-2-3-8-14/h4-6,18H,2-3,7-9H2,1H3,(H,15,17). The number of rotatable bonds is 4. The van der Waals surface area contributed by atoms with Crippen LogP contribution in [0, 0.1) is 17.0 Å². The normalized spacial score (nSPS) is 16.9. The molecule has 0 heterocycles. The predicted molar refractivity (Wildman–Crippen MR) is 73.6 cm³/mol. The molecule has 0 radical (unpaired) electrons. The summed E-state index contributed by atoms with van der Waals surface area (Å²) in [5.74, 6) is -0.383. The van der Waals surface area contributed by atoms with Crippen LogP contribution >= 0.6 is 0 Å². The maximum Gasteiger partial charge on any atom is 0.273 e. The molecule has 1 aliphatic carbocycles. The van der Waals surface area contributed by atoms with E-state index in [9.17, 15) is 20.0 Å². The lowest BCUT2D eigenvalue weighted by atomic mass is 10.0. The van der Waals surface area contributed by atoms with Gasteiger partial charge >= 0.3 is 0 Å². The zero-order chi connectivity index (χ0) is 14.8. The average molecular weight is 278 g/mol. The van der Waals surface area contributed by atoms with Crippen LogP contribution in [0.15, 0.2) is 18.2 Å². The van der Waals surface area contributed by atoms with Crippen LogP contribution in [0.3, 0.4) is 0 Å². The molecule has 1 fully saturated rings. The van der Waals surface area contributed by atoms with E-state index < -0.39 is 10.5 Å². The van der Waals surface area contributed by atoms with Crippen molar-refractivity contribution in [1.82, 2.24) is 5.32 Å². The van der Waals surface area contributed by atoms with Crippen molar-refractivity contribution >= 4 is 11.6 Å². The van der Waals surface area contributed by atoms with Crippen molar-refractivity contribution in [1.29, 1.82) is 0 Å². The van der Waals surface area contributed by atoms with Crippen LogP contribution in [-0.2, 0) is 0 Å². The molecule has 1 aromatic carbocycles. The molecule has 6 nitrogen and oxygen atoms in total. The zero-order valence-electron chi connectivity index (χ0n) is 11.4. The van der Waals surface area contributed by atoms with Crippen LogP contribution in [0.5, 0.6) is 0 Å². The van der Waals surface area contributed by atoms with E-state index in [1.54, 1.807) is 13.0 Å². The first-order valence-electron chi connectivity index (χ1n) is 6.67. The Morgan fingerprint density at radius 2 is 2.10 bits per heavy atom. The number of carbonyl (C=O) groups is 1. The Morgan fingerprint density at radius 3 is 2.70 bits per heavy atom. The summed E-state index contributed by atoms with van der Waals surface area (Å²) in [6.45, 7) is 1.74. The fraction of sp³-hybridized carbons (Fsp3) is 0.500. The maximum absolute atomic E-state index is 12.1. The van der Waals surface area contributed by atoms with Gasteiger partial charge in [-0.25, -0.2) is 0 Å². The van der Waals surface area contributed by atoms with E-state index in [0.29, 0.717) is 18.4 Å². The van der Waals surface area contributed by atoms with Crippen molar-refractivity contribution in [2.45, 2.75) is 38.2 Å². The maximum atomic E-state index is 12.1. The lowest BCUT2D eigenvalue weighted by Gasteiger charge is -2.22. The molecule has 0 saturated heterocycles. The number of benzene rings is 1. The van der Waals surface area contributed by atoms with Gasteiger partial charge in [-0.2, -0.15) is 0 Å². The third-order valence-corrected chi connectivity index (χ3v) is 3.86. The van der Waals surface area contributed by atoms with Gasteiger partial charge < -0.3 is 10.4 Å². The monoisotopic (exact) mass is 278 g/mol. The van der Waals surface area contributed by atoms with E-state index in [2.05, 4.69) is 5.32 Å². The third-order valence-electron chi connectivity index (χ3n) is 3.86. The number of nitro groups is 1. The Bertz CT molecular complexity index is 536. The van der Waals surface area contributed by atoms with Gasteiger partial charge in [0.25, 0.3) is 11.6 Å². The summed E-state index contributed by atoms with van der Waals surface area (Å²) in [6, 6.07) is 4.41. The summed E-state index contributed by atoms with van der Waals surface area (Å²) in [6.07, 6.45) is 3.28. The van der Waals surface area contributed by atoms with Gasteiger partial charge in [-0.15, -0.1) is 0 Å². The number of nitro benzene ring substituents is 1. The number of carbonyl (C=O) groups excluding carboxylic acids is 1. The minimum atomic E-state index is -0.829. The molecule has 0 aromatic heterocycles. The summed E-state index contributed by atoms with van der Waals surface area (Å²) in [5, 5.41) is 23.7. The summed E-state index contributed by atoms with van der Waals surface area (Å²) in [5.41, 5.74) is -0.281. The minimum Gasteiger partial charge on any atom is -0.388 e. The lowest BCUT2D eigenvalue weighted by molar-refractivity contribution is -0.385. The first-order valence-corrected chi connectivity index (χ1v) is 6.67. The smallest absolute Gasteiger partial charge is 0.273 e. The van der Waals surface area contributed by atoms with Crippen LogP contribution in [0.25, 0.3) is 0 Å². The van der Waals surface area contributed by atoms with Gasteiger partial charge in [0.1, 0.15) is 0 Å². The predicted octanol–water partition coefficient (Wildman–Crippen LogP) is 1.94. The molecule has 1 amide bonds. The summed E-state index contributed by atoms with van der Waals surface area (Å²) in [4.78, 5) is 22.4. The van der Waals surface area contributed by atoms with Gasteiger partial charge in [0.2, 0.25) is 0 Å². The Balaban J connectivity index is 2.09. The Hall–Kier alpha value is -1.95. The quantitative estimate of drug-likeness (QED) is 0.650. The van der Waals surface area contributed by atoms with Crippen LogP contribution in [0.4, 0.5) is 5.69 Å². The Kier molecular flexibility index (Phi) is 4.04. The second kappa shape index (κ2) is 5.58. The number of nitrogens with one attached hydrogen (secondary N) is 1. The van der Waals surface area contributed by atoms with E-state index in [0.717, 1.165) is 12.8 Å². The van der Waals surface area contributed by atoms with E-state index in [1.807, 2.05) is 0 Å². The Labute approximate surface area is 117 Å². The highest BCUT2D eigenvalue weighted by Gasteiger charge is 2.31. The molecule has 0 aliphatic heterocycles. The van der Waals surface area contributed by atoms with Crippen LogP contribution < -0.4 is 5.32 Å². The van der Waals surface area contributed by atoms with Crippen molar-refractivity contribution in [3.8, 4) is 0 Å². The van der Waals surface area contributed by atoms with Gasteiger partial charge in [-0.1, -0.05) is 18.9 Å². The van der Waals surface area contributed by atoms with E-state index in [1.165, 1.54) is 12.1 Å². The van der Waals surface area contributed by atoms with Crippen molar-refractivity contribution in [3.63, 3.8) is 0 Å². The lowest BCUT2D eigenvalue weighted by Crippen LogP contribution is -2.40. The largest absolute Gasteiger partial charge is 0.388 e. The molecule has 0 unspecified atom stereocenters. The van der Waals surface area contributed by atoms with Crippen molar-refractivity contribution in [2.24, 2.45) is 0 Å². The molecular formula is C14H18N2O4. The SMILES string of the molecule is Cc1c(C(=O)NCC2(O)CCCC2)cccc1[N+](=O)[O-]. The highest BCUT2D eigenvalue weighted by atomic mass is 16.6. The fourth-order valence-electron chi connectivity index (χ4n) is 2.62. The molecular weight excluding hydrogens is 260 g/mol. The van der Waals surface area contributed by atoms with Crippen molar-refractivity contribution in [3.05, 3.63) is 39.4 Å². The van der Waals surface area contributed by atoms with E-state index in [4.69, 9.17) is 0 Å². The Morgan fingerprint density at radius 1 is 1.45 bits per heavy atom. The third kappa shape index (κ3) is 2.96. The molecule has 2 N–H and O–H groups in total. The van der Waals surface area contributed by atoms with Gasteiger partial charge in [0.05, 0.1) is 10.5 Å². The van der Waals surface area contributed by atoms with Gasteiger partial charge in [-0.3, -0.25) is 14.9 Å². The topological polar surface area (TPSA) is 92.5 Å². The van der Waals surface area contributed by atoms with Crippen LogP contribution in [0.1, 0.15) is 41.6 Å². The van der Waals surface area contributed by atoms with Crippen LogP contribution in [-0.4, -0.2) is 28.1 Å². The summed E-state index contributed by atoms with van der Waals surface area (Å²) < 4.78 is 0. The van der Waals surface area contributed by atoms with Gasteiger partial charge in [0.15, 0.2) is 0 Å². The first kappa shape index (κ1) is 14.5. The molecule has 0 bridgehead atoms. The number of amides is 1. The molecule has 2 rings (SSSR count). The molecule has 6 heteroatoms. The fourth-order valence-corrected chi connectivity index (χ4v) is 2.62. The molecule has 0 atom stereocenters. The molecule has 1 aromatic rings. The number of nitrogens with zero attached hydrogens (tertiary/aromatic N) is 1. The number of aliphatic hydroxyl groups is 1. The summed E-state index contributed by atoms with van der Waals surface area (Å²) >= 11 is 0. The summed E-state index contributed by atoms with van der Waals surface area (Å²) in [7, 11) is 0. The first-order chi connectivity index (χ1) is 9.43. The van der Waals surface area contributed by atoms with E-state index in [-0.39, 0.29) is 23.7 Å². The minimum absolute atomic E-state index is 0.0720. The highest BCUT2D eigenvalue weighted by molar-refractivity contribution is 5.96. The van der Waals surface area contributed by atoms with Crippen LogP contribution in [0.2, 0.25) is 0 Å².